The molecule has 0 fully saturated rings. The quantitative estimate of drug-likeness (QED) is 0.123. The Labute approximate surface area is 115 Å². The van der Waals surface area contributed by atoms with Crippen LogP contribution in [0, 0.1) is 25.8 Å². The van der Waals surface area contributed by atoms with E-state index in [9.17, 15) is 29.8 Å². The van der Waals surface area contributed by atoms with Crippen molar-refractivity contribution in [2.75, 3.05) is 6.61 Å². The molecule has 116 valence electrons. The van der Waals surface area contributed by atoms with Gasteiger partial charge in [-0.2, -0.15) is 0 Å². The van der Waals surface area contributed by atoms with E-state index in [1.165, 1.54) is 0 Å². The fraction of sp³-hybridized carbons (Fsp3) is 0.625. The van der Waals surface area contributed by atoms with E-state index in [1.54, 1.807) is 0 Å². The van der Waals surface area contributed by atoms with Crippen molar-refractivity contribution in [1.82, 2.24) is 0 Å². The van der Waals surface area contributed by atoms with Crippen LogP contribution in [0.3, 0.4) is 0 Å². The first kappa shape index (κ1) is 17.9. The highest BCUT2D eigenvalue weighted by atomic mass is 17.0. The number of carbonyl (C=O) groups is 2. The maximum absolute atomic E-state index is 11.3. The number of rotatable bonds is 11. The minimum Gasteiger partial charge on any atom is -0.472 e. The minimum absolute atomic E-state index is 0.0648. The number of Topliss-reactive ketones (excluding diaryl/α,β-unsaturated/α-hetero) is 1. The Balaban J connectivity index is 4.38. The summed E-state index contributed by atoms with van der Waals surface area (Å²) in [4.78, 5) is 52.6. The summed E-state index contributed by atoms with van der Waals surface area (Å²) in [5, 5.41) is 26.4. The lowest BCUT2D eigenvalue weighted by atomic mass is 10.1. The van der Waals surface area contributed by atoms with Gasteiger partial charge in [-0.05, 0) is 12.8 Å². The molecule has 0 aliphatic heterocycles. The van der Waals surface area contributed by atoms with Gasteiger partial charge < -0.3 is 14.8 Å². The standard InChI is InChI=1S/C8H10N4O9/c9-10-7(8(14)15)6(13)3-1-2-5(21-12(18)19)4-20-11(16)17/h5,9H,1-4H2/p+1. The van der Waals surface area contributed by atoms with Gasteiger partial charge in [-0.1, -0.05) is 0 Å². The summed E-state index contributed by atoms with van der Waals surface area (Å²) < 4.78 is 0. The summed E-state index contributed by atoms with van der Waals surface area (Å²) >= 11 is 0. The summed E-state index contributed by atoms with van der Waals surface area (Å²) in [5.74, 6) is -2.60. The minimum atomic E-state index is -1.66. The number of nitrogens with one attached hydrogen (secondary N) is 1. The average molecular weight is 307 g/mol. The molecule has 21 heavy (non-hydrogen) atoms. The molecule has 0 aromatic heterocycles. The molecule has 1 atom stereocenters. The average Bonchev–Trinajstić information content (AvgIpc) is 2.35. The lowest BCUT2D eigenvalue weighted by Crippen LogP contribution is -2.27. The van der Waals surface area contributed by atoms with E-state index in [-0.39, 0.29) is 19.3 Å². The number of aliphatic carboxylic acids is 1. The second kappa shape index (κ2) is 8.92. The smallest absolute Gasteiger partial charge is 0.472 e. The van der Waals surface area contributed by atoms with Crippen LogP contribution in [-0.2, 0) is 19.3 Å². The van der Waals surface area contributed by atoms with Crippen LogP contribution in [0.2, 0.25) is 0 Å². The third-order valence-corrected chi connectivity index (χ3v) is 2.11. The molecule has 1 unspecified atom stereocenters. The molecule has 13 heteroatoms. The Morgan fingerprint density at radius 1 is 1.29 bits per heavy atom. The lowest BCUT2D eigenvalue weighted by molar-refractivity contribution is -0.790. The molecule has 0 rings (SSSR count). The third kappa shape index (κ3) is 7.84. The zero-order valence-corrected chi connectivity index (χ0v) is 10.5. The Kier molecular flexibility index (Phi) is 7.62. The highest BCUT2D eigenvalue weighted by Crippen LogP contribution is 2.07. The first-order valence-corrected chi connectivity index (χ1v) is 5.37. The van der Waals surface area contributed by atoms with Crippen molar-refractivity contribution in [2.24, 2.45) is 0 Å². The molecule has 0 amide bonds. The number of ketones is 1. The third-order valence-electron chi connectivity index (χ3n) is 2.11. The Bertz CT molecular complexity index is 484. The molecule has 0 aromatic rings. The summed E-state index contributed by atoms with van der Waals surface area (Å²) in [6.45, 7) is -0.708. The monoisotopic (exact) mass is 307 g/mol. The maximum Gasteiger partial charge on any atom is 0.490 e. The number of carboxylic acid groups (broad SMARTS) is 1. The van der Waals surface area contributed by atoms with E-state index in [0.29, 0.717) is 0 Å². The number of hydrogen-bond acceptors (Lipinski definition) is 9. The predicted octanol–water partition coefficient (Wildman–Crippen LogP) is -0.724. The van der Waals surface area contributed by atoms with E-state index in [4.69, 9.17) is 10.6 Å². The van der Waals surface area contributed by atoms with Gasteiger partial charge in [-0.15, -0.1) is 20.2 Å². The van der Waals surface area contributed by atoms with Gasteiger partial charge in [0, 0.05) is 6.42 Å². The van der Waals surface area contributed by atoms with E-state index in [1.807, 2.05) is 0 Å². The predicted molar refractivity (Wildman–Crippen MR) is 59.3 cm³/mol. The van der Waals surface area contributed by atoms with Gasteiger partial charge in [-0.3, -0.25) is 4.79 Å². The SMILES string of the molecule is N=[N+]=C(C(=O)O)C(=O)CCCC(CO[N+](=O)[O-])O[N+](=O)[O-]. The Hall–Kier alpha value is -3.08. The van der Waals surface area contributed by atoms with Gasteiger partial charge in [0.05, 0.1) is 10.3 Å². The van der Waals surface area contributed by atoms with Crippen molar-refractivity contribution in [2.45, 2.75) is 25.4 Å². The van der Waals surface area contributed by atoms with Gasteiger partial charge in [0.1, 0.15) is 12.7 Å². The zero-order valence-electron chi connectivity index (χ0n) is 10.5. The summed E-state index contributed by atoms with van der Waals surface area (Å²) in [7, 11) is 0. The van der Waals surface area contributed by atoms with E-state index < -0.39 is 40.3 Å². The van der Waals surface area contributed by atoms with Gasteiger partial charge in [0.2, 0.25) is 0 Å². The molecule has 13 nitrogen and oxygen atoms in total. The summed E-state index contributed by atoms with van der Waals surface area (Å²) in [5.41, 5.74) is 5.55. The Morgan fingerprint density at radius 3 is 2.33 bits per heavy atom. The van der Waals surface area contributed by atoms with Gasteiger partial charge in [-0.25, -0.2) is 4.79 Å². The summed E-state index contributed by atoms with van der Waals surface area (Å²) in [6, 6.07) is 0. The molecule has 2 N–H and O–H groups in total. The van der Waals surface area contributed by atoms with Crippen LogP contribution in [0.5, 0.6) is 0 Å². The van der Waals surface area contributed by atoms with Crippen LogP contribution in [0.1, 0.15) is 19.3 Å². The van der Waals surface area contributed by atoms with Crippen molar-refractivity contribution in [3.8, 4) is 0 Å². The highest BCUT2D eigenvalue weighted by Gasteiger charge is 2.31. The molecular formula is C8H11N4O9+. The number of nitrogens with zero attached hydrogens (tertiary/aromatic N) is 3. The highest BCUT2D eigenvalue weighted by molar-refractivity contribution is 6.61. The molecule has 0 spiro atoms. The van der Waals surface area contributed by atoms with Gasteiger partial charge >= 0.3 is 11.7 Å². The zero-order chi connectivity index (χ0) is 16.4. The van der Waals surface area contributed by atoms with Crippen LogP contribution < -0.4 is 0 Å². The van der Waals surface area contributed by atoms with Crippen molar-refractivity contribution in [1.29, 1.82) is 5.53 Å². The van der Waals surface area contributed by atoms with Crippen LogP contribution in [0.4, 0.5) is 0 Å². The first-order valence-electron chi connectivity index (χ1n) is 5.37. The van der Waals surface area contributed by atoms with Crippen molar-refractivity contribution < 1.29 is 39.3 Å². The van der Waals surface area contributed by atoms with Crippen LogP contribution in [0.25, 0.3) is 0 Å². The molecule has 0 saturated carbocycles. The Morgan fingerprint density at radius 2 is 1.90 bits per heavy atom. The molecule has 0 saturated heterocycles. The molecule has 0 heterocycles. The second-order valence-electron chi connectivity index (χ2n) is 3.55. The van der Waals surface area contributed by atoms with Crippen LogP contribution in [0.15, 0.2) is 0 Å². The van der Waals surface area contributed by atoms with Gasteiger partial charge in [0.25, 0.3) is 16.0 Å². The molecule has 0 aromatic carbocycles. The number of carbonyl (C=O) groups excluding carboxylic acids is 1. The lowest BCUT2D eigenvalue weighted by Gasteiger charge is -2.12. The van der Waals surface area contributed by atoms with E-state index in [2.05, 4.69) is 14.5 Å². The fourth-order valence-corrected chi connectivity index (χ4v) is 1.27. The molecule has 0 aliphatic rings. The summed E-state index contributed by atoms with van der Waals surface area (Å²) in [6.07, 6.45) is -1.87. The van der Waals surface area contributed by atoms with Crippen LogP contribution >= 0.6 is 0 Å². The topological polar surface area (TPSA) is 197 Å². The van der Waals surface area contributed by atoms with Crippen molar-refractivity contribution in [3.63, 3.8) is 0 Å². The normalized spacial score (nSPS) is 10.9. The molecular weight excluding hydrogens is 296 g/mol. The van der Waals surface area contributed by atoms with E-state index >= 15 is 0 Å². The molecule has 0 radical (unpaired) electrons. The second-order valence-corrected chi connectivity index (χ2v) is 3.55. The maximum atomic E-state index is 11.3. The van der Waals surface area contributed by atoms with Crippen LogP contribution in [-0.4, -0.2) is 50.2 Å². The molecule has 0 aliphatic carbocycles. The first-order chi connectivity index (χ1) is 9.77. The van der Waals surface area contributed by atoms with Gasteiger partial charge in [0.15, 0.2) is 0 Å². The fourth-order valence-electron chi connectivity index (χ4n) is 1.27. The number of carboxylic acids is 1. The van der Waals surface area contributed by atoms with E-state index in [0.717, 1.165) is 0 Å². The number of hydrogen-bond donors (Lipinski definition) is 2. The largest absolute Gasteiger partial charge is 0.490 e. The molecule has 0 bridgehead atoms. The van der Waals surface area contributed by atoms with Crippen molar-refractivity contribution in [3.05, 3.63) is 20.2 Å². The van der Waals surface area contributed by atoms with Crippen molar-refractivity contribution >= 4 is 17.5 Å².